The molecule has 2 aromatic rings. The van der Waals surface area contributed by atoms with Crippen LogP contribution in [-0.2, 0) is 0 Å². The van der Waals surface area contributed by atoms with Crippen LogP contribution >= 0.6 is 0 Å². The van der Waals surface area contributed by atoms with Gasteiger partial charge in [0, 0.05) is 17.0 Å². The highest BCUT2D eigenvalue weighted by Crippen LogP contribution is 2.31. The fourth-order valence-electron chi connectivity index (χ4n) is 3.81. The van der Waals surface area contributed by atoms with Gasteiger partial charge in [0.1, 0.15) is 5.58 Å². The molecule has 2 atom stereocenters. The molecule has 1 aromatic carbocycles. The van der Waals surface area contributed by atoms with Gasteiger partial charge in [-0.1, -0.05) is 25.0 Å². The first kappa shape index (κ1) is 16.1. The second kappa shape index (κ2) is 6.36. The fourth-order valence-corrected chi connectivity index (χ4v) is 3.81. The Morgan fingerprint density at radius 2 is 1.91 bits per heavy atom. The van der Waals surface area contributed by atoms with Crippen LogP contribution in [0.15, 0.2) is 16.5 Å². The molecule has 23 heavy (non-hydrogen) atoms. The van der Waals surface area contributed by atoms with E-state index >= 15 is 0 Å². The Morgan fingerprint density at radius 3 is 2.61 bits per heavy atom. The van der Waals surface area contributed by atoms with Crippen molar-refractivity contribution in [2.45, 2.75) is 52.5 Å². The zero-order chi connectivity index (χ0) is 16.6. The number of hydrogen-bond donors (Lipinski definition) is 2. The molecule has 124 valence electrons. The largest absolute Gasteiger partial charge is 0.450 e. The van der Waals surface area contributed by atoms with E-state index in [1.165, 1.54) is 6.42 Å². The summed E-state index contributed by atoms with van der Waals surface area (Å²) in [4.78, 5) is 12.7. The Morgan fingerprint density at radius 1 is 1.22 bits per heavy atom. The molecule has 3 rings (SSSR count). The molecule has 1 amide bonds. The number of fused-ring (bicyclic) bond motifs is 1. The molecule has 1 heterocycles. The van der Waals surface area contributed by atoms with Crippen LogP contribution in [0.4, 0.5) is 0 Å². The van der Waals surface area contributed by atoms with Gasteiger partial charge in [-0.2, -0.15) is 0 Å². The summed E-state index contributed by atoms with van der Waals surface area (Å²) >= 11 is 0. The van der Waals surface area contributed by atoms with Crippen molar-refractivity contribution in [2.75, 3.05) is 6.54 Å². The van der Waals surface area contributed by atoms with E-state index in [9.17, 15) is 4.79 Å². The minimum atomic E-state index is -0.108. The molecule has 1 aromatic heterocycles. The number of hydrogen-bond acceptors (Lipinski definition) is 3. The van der Waals surface area contributed by atoms with Gasteiger partial charge < -0.3 is 15.5 Å². The van der Waals surface area contributed by atoms with Crippen LogP contribution in [0.2, 0.25) is 0 Å². The number of rotatable bonds is 3. The summed E-state index contributed by atoms with van der Waals surface area (Å²) < 4.78 is 5.94. The van der Waals surface area contributed by atoms with Crippen LogP contribution in [-0.4, -0.2) is 18.5 Å². The second-order valence-electron chi connectivity index (χ2n) is 6.82. The average molecular weight is 314 g/mol. The maximum Gasteiger partial charge on any atom is 0.287 e. The lowest BCUT2D eigenvalue weighted by molar-refractivity contribution is 0.0881. The number of aryl methyl sites for hydroxylation is 3. The first-order valence-corrected chi connectivity index (χ1v) is 8.53. The highest BCUT2D eigenvalue weighted by atomic mass is 16.3. The van der Waals surface area contributed by atoms with E-state index in [2.05, 4.69) is 18.3 Å². The van der Waals surface area contributed by atoms with Crippen LogP contribution in [0.25, 0.3) is 11.0 Å². The van der Waals surface area contributed by atoms with Crippen molar-refractivity contribution in [3.05, 3.63) is 34.6 Å². The molecule has 4 nitrogen and oxygen atoms in total. The minimum absolute atomic E-state index is 0.108. The van der Waals surface area contributed by atoms with Crippen LogP contribution < -0.4 is 11.1 Å². The van der Waals surface area contributed by atoms with Gasteiger partial charge in [-0.25, -0.2) is 0 Å². The molecule has 0 aliphatic heterocycles. The molecule has 1 fully saturated rings. The molecule has 1 aliphatic rings. The maximum absolute atomic E-state index is 12.7. The number of nitrogens with two attached hydrogens (primary N) is 1. The molecule has 0 radical (unpaired) electrons. The van der Waals surface area contributed by atoms with Gasteiger partial charge in [0.05, 0.1) is 0 Å². The topological polar surface area (TPSA) is 68.3 Å². The zero-order valence-corrected chi connectivity index (χ0v) is 14.2. The second-order valence-corrected chi connectivity index (χ2v) is 6.82. The zero-order valence-electron chi connectivity index (χ0n) is 14.2. The van der Waals surface area contributed by atoms with E-state index in [0.717, 1.165) is 46.9 Å². The Balaban J connectivity index is 1.91. The molecule has 0 saturated heterocycles. The van der Waals surface area contributed by atoms with Gasteiger partial charge in [-0.3, -0.25) is 4.79 Å². The Hall–Kier alpha value is -1.81. The summed E-state index contributed by atoms with van der Waals surface area (Å²) in [6, 6.07) is 4.28. The van der Waals surface area contributed by atoms with Gasteiger partial charge in [-0.05, 0) is 57.2 Å². The summed E-state index contributed by atoms with van der Waals surface area (Å²) in [6.07, 6.45) is 4.46. The van der Waals surface area contributed by atoms with E-state index in [4.69, 9.17) is 10.2 Å². The summed E-state index contributed by atoms with van der Waals surface area (Å²) in [6.45, 7) is 6.66. The Kier molecular flexibility index (Phi) is 4.44. The van der Waals surface area contributed by atoms with Crippen LogP contribution in [0, 0.1) is 26.7 Å². The molecule has 4 heteroatoms. The number of nitrogens with one attached hydrogen (secondary N) is 1. The summed E-state index contributed by atoms with van der Waals surface area (Å²) in [7, 11) is 0. The minimum Gasteiger partial charge on any atom is -0.450 e. The SMILES string of the molecule is Cc1ccc(C)c2c(C)c(C(=O)NC3CCCCC3CN)oc12. The highest BCUT2D eigenvalue weighted by molar-refractivity contribution is 6.00. The van der Waals surface area contributed by atoms with E-state index in [1.54, 1.807) is 0 Å². The monoisotopic (exact) mass is 314 g/mol. The lowest BCUT2D eigenvalue weighted by atomic mass is 9.84. The van der Waals surface area contributed by atoms with Crippen molar-refractivity contribution in [1.82, 2.24) is 5.32 Å². The maximum atomic E-state index is 12.7. The van der Waals surface area contributed by atoms with Gasteiger partial charge >= 0.3 is 0 Å². The van der Waals surface area contributed by atoms with Crippen molar-refractivity contribution in [2.24, 2.45) is 11.7 Å². The number of carbonyl (C=O) groups excluding carboxylic acids is 1. The third-order valence-corrected chi connectivity index (χ3v) is 5.22. The van der Waals surface area contributed by atoms with E-state index in [0.29, 0.717) is 18.2 Å². The van der Waals surface area contributed by atoms with Crippen molar-refractivity contribution in [3.63, 3.8) is 0 Å². The Bertz CT molecular complexity index is 733. The molecule has 0 spiro atoms. The van der Waals surface area contributed by atoms with Crippen molar-refractivity contribution < 1.29 is 9.21 Å². The van der Waals surface area contributed by atoms with E-state index in [1.807, 2.05) is 19.9 Å². The third kappa shape index (κ3) is 2.88. The van der Waals surface area contributed by atoms with Crippen molar-refractivity contribution in [1.29, 1.82) is 0 Å². The quantitative estimate of drug-likeness (QED) is 0.909. The van der Waals surface area contributed by atoms with Gasteiger partial charge in [0.15, 0.2) is 5.76 Å². The normalized spacial score (nSPS) is 21.6. The van der Waals surface area contributed by atoms with Gasteiger partial charge in [0.2, 0.25) is 0 Å². The van der Waals surface area contributed by atoms with Gasteiger partial charge in [-0.15, -0.1) is 0 Å². The first-order valence-electron chi connectivity index (χ1n) is 8.53. The van der Waals surface area contributed by atoms with Crippen molar-refractivity contribution >= 4 is 16.9 Å². The fraction of sp³-hybridized carbons (Fsp3) is 0.526. The lowest BCUT2D eigenvalue weighted by Gasteiger charge is -2.31. The lowest BCUT2D eigenvalue weighted by Crippen LogP contribution is -2.44. The van der Waals surface area contributed by atoms with Crippen LogP contribution in [0.5, 0.6) is 0 Å². The molecule has 0 bridgehead atoms. The third-order valence-electron chi connectivity index (χ3n) is 5.22. The predicted octanol–water partition coefficient (Wildman–Crippen LogP) is 3.61. The number of amides is 1. The van der Waals surface area contributed by atoms with Gasteiger partial charge in [0.25, 0.3) is 5.91 Å². The highest BCUT2D eigenvalue weighted by Gasteiger charge is 2.28. The van der Waals surface area contributed by atoms with Crippen molar-refractivity contribution in [3.8, 4) is 0 Å². The molecular formula is C19H26N2O2. The van der Waals surface area contributed by atoms with E-state index < -0.39 is 0 Å². The van der Waals surface area contributed by atoms with Crippen LogP contribution in [0.1, 0.15) is 52.9 Å². The summed E-state index contributed by atoms with van der Waals surface area (Å²) in [5, 5.41) is 4.23. The molecular weight excluding hydrogens is 288 g/mol. The summed E-state index contributed by atoms with van der Waals surface area (Å²) in [5.74, 6) is 0.711. The number of carbonyl (C=O) groups is 1. The molecule has 2 unspecified atom stereocenters. The first-order chi connectivity index (χ1) is 11.0. The number of benzene rings is 1. The number of furan rings is 1. The predicted molar refractivity (Wildman–Crippen MR) is 92.7 cm³/mol. The standard InChI is InChI=1S/C19H26N2O2/c1-11-8-9-12(2)17-16(11)13(3)18(23-17)19(22)21-15-7-5-4-6-14(15)10-20/h8-9,14-15H,4-7,10,20H2,1-3H3,(H,21,22). The Labute approximate surface area is 137 Å². The van der Waals surface area contributed by atoms with Crippen LogP contribution in [0.3, 0.4) is 0 Å². The van der Waals surface area contributed by atoms with E-state index in [-0.39, 0.29) is 11.9 Å². The summed E-state index contributed by atoms with van der Waals surface area (Å²) in [5.41, 5.74) is 9.82. The molecule has 1 aliphatic carbocycles. The molecule has 1 saturated carbocycles. The average Bonchev–Trinajstić information content (AvgIpc) is 2.90. The smallest absolute Gasteiger partial charge is 0.287 e. The molecule has 3 N–H and O–H groups in total.